The number of aliphatic hydroxyl groups is 2. The zero-order valence-electron chi connectivity index (χ0n) is 33.3. The van der Waals surface area contributed by atoms with Crippen LogP contribution in [-0.4, -0.2) is 91.4 Å². The van der Waals surface area contributed by atoms with Crippen LogP contribution < -0.4 is 9.34 Å². The predicted octanol–water partition coefficient (Wildman–Crippen LogP) is 3.50. The lowest BCUT2D eigenvalue weighted by atomic mass is 9.35. The Morgan fingerprint density at radius 1 is 0.967 bits per heavy atom. The van der Waals surface area contributed by atoms with E-state index in [1.165, 1.54) is 55.5 Å². The lowest BCUT2D eigenvalue weighted by molar-refractivity contribution is -0.744. The van der Waals surface area contributed by atoms with Crippen molar-refractivity contribution in [3.63, 3.8) is 0 Å². The Labute approximate surface area is 344 Å². The second kappa shape index (κ2) is 14.8. The molecule has 3 aromatic rings. The number of ether oxygens (including phenoxy) is 5. The van der Waals surface area contributed by atoms with Crippen molar-refractivity contribution in [3.05, 3.63) is 82.8 Å². The third-order valence-electron chi connectivity index (χ3n) is 13.6. The van der Waals surface area contributed by atoms with E-state index in [0.29, 0.717) is 38.5 Å². The Morgan fingerprint density at radius 3 is 2.32 bits per heavy atom. The summed E-state index contributed by atoms with van der Waals surface area (Å²) in [5.74, 6) is -7.35. The number of benzene rings is 2. The molecule has 17 nitrogen and oxygen atoms in total. The van der Waals surface area contributed by atoms with E-state index < -0.39 is 96.7 Å². The number of esters is 3. The van der Waals surface area contributed by atoms with Crippen molar-refractivity contribution in [2.24, 2.45) is 34.0 Å². The number of aromatic amines is 1. The van der Waals surface area contributed by atoms with Gasteiger partial charge in [-0.15, -0.1) is 0 Å². The van der Waals surface area contributed by atoms with Gasteiger partial charge in [0.2, 0.25) is 10.4 Å². The number of ketones is 1. The molecule has 9 atom stereocenters. The third-order valence-corrected chi connectivity index (χ3v) is 15.4. The maximum absolute atomic E-state index is 14.6. The molecule has 60 heavy (non-hydrogen) atoms. The van der Waals surface area contributed by atoms with Crippen molar-refractivity contribution in [1.82, 2.24) is 5.16 Å². The Kier molecular flexibility index (Phi) is 10.2. The van der Waals surface area contributed by atoms with Crippen LogP contribution >= 0.6 is 0 Å². The fourth-order valence-electron chi connectivity index (χ4n) is 11.2. The molecule has 4 bridgehead atoms. The average molecular weight is 852 g/mol. The first kappa shape index (κ1) is 41.6. The van der Waals surface area contributed by atoms with Gasteiger partial charge in [0.1, 0.15) is 23.7 Å². The second-order valence-electron chi connectivity index (χ2n) is 17.1. The number of nitrogens with zero attached hydrogens (tertiary/aromatic N) is 1. The topological polar surface area (TPSA) is 241 Å². The molecule has 320 valence electrons. The summed E-state index contributed by atoms with van der Waals surface area (Å²) in [5.41, 5.74) is -3.18. The van der Waals surface area contributed by atoms with Crippen LogP contribution in [0.5, 0.6) is 5.88 Å². The standard InChI is InChI=1S/C42H47N2O15S/c1-23-28-16-17-29-40-22-56-42(50,33(47)31(40)39(3,4)19-18-30(40)57-24(2)45)41(29,32(23)46)34(28)58-38(49)26-14-12-25(13-15-26)37(48)55-21-9-8-20-54-35-36(44(51)59-43-35)60(52,53)27-10-6-5-7-11-27/h5-7,10-15,28-31,33-34,43,47,50H,1,8-9,16-22H2,2-4H3/q+1/t28-,29-,30?,31+,33-,34+,40+,41-,42-/m0/s1. The Morgan fingerprint density at radius 2 is 1.63 bits per heavy atom. The molecular formula is C42H47N2O15S+. The number of carbonyl (C=O) groups excluding carboxylic acids is 4. The van der Waals surface area contributed by atoms with Crippen LogP contribution in [-0.2, 0) is 38.4 Å². The quantitative estimate of drug-likeness (QED) is 0.102. The summed E-state index contributed by atoms with van der Waals surface area (Å²) in [6.07, 6.45) is -1.08. The fraction of sp³-hybridized carbons (Fsp3) is 0.524. The molecule has 3 heterocycles. The van der Waals surface area contributed by atoms with E-state index in [1.807, 2.05) is 13.8 Å². The molecule has 1 aromatic heterocycles. The Bertz CT molecular complexity index is 2410. The van der Waals surface area contributed by atoms with E-state index >= 15 is 0 Å². The highest BCUT2D eigenvalue weighted by atomic mass is 32.2. The molecule has 0 radical (unpaired) electrons. The molecule has 3 N–H and O–H groups in total. The van der Waals surface area contributed by atoms with Gasteiger partial charge in [0.15, 0.2) is 5.78 Å². The van der Waals surface area contributed by atoms with E-state index in [4.69, 9.17) is 23.7 Å². The number of hydrogen-bond donors (Lipinski definition) is 3. The smallest absolute Gasteiger partial charge is 0.404 e. The summed E-state index contributed by atoms with van der Waals surface area (Å²) in [6.45, 7) is 9.22. The van der Waals surface area contributed by atoms with Gasteiger partial charge in [-0.2, -0.15) is 0 Å². The number of sulfone groups is 1. The molecule has 4 aliphatic carbocycles. The van der Waals surface area contributed by atoms with Gasteiger partial charge in [0.25, 0.3) is 9.84 Å². The molecule has 2 aliphatic heterocycles. The van der Waals surface area contributed by atoms with Crippen LogP contribution in [0.15, 0.2) is 81.3 Å². The van der Waals surface area contributed by atoms with Gasteiger partial charge in [0.05, 0.1) is 35.8 Å². The minimum atomic E-state index is -4.25. The SMILES string of the molecule is C=C1C(=O)[C@]23[C@H](OC(=O)c4ccc(C(=O)OCCCCOc5[nH]o[n+](=O)c5S(=O)(=O)c5ccccc5)cc4)[C@H]1CC[C@H]2[C@@]12CO[C@@]3(O)[C@@H](O)[C@@H]1C(C)(C)CCC2OC(C)=O. The van der Waals surface area contributed by atoms with Crippen LogP contribution in [0.3, 0.4) is 0 Å². The molecular weight excluding hydrogens is 805 g/mol. The highest BCUT2D eigenvalue weighted by Crippen LogP contribution is 2.77. The number of nitrogens with one attached hydrogen (secondary N) is 1. The molecule has 0 amide bonds. The predicted molar refractivity (Wildman–Crippen MR) is 203 cm³/mol. The number of H-pyrrole nitrogens is 1. The first-order chi connectivity index (χ1) is 28.4. The average Bonchev–Trinajstić information content (AvgIpc) is 3.65. The second-order valence-corrected chi connectivity index (χ2v) is 19.0. The fourth-order valence-corrected chi connectivity index (χ4v) is 12.5. The van der Waals surface area contributed by atoms with Crippen molar-refractivity contribution >= 4 is 33.5 Å². The minimum Gasteiger partial charge on any atom is -0.462 e. The highest BCUT2D eigenvalue weighted by Gasteiger charge is 2.88. The van der Waals surface area contributed by atoms with Gasteiger partial charge in [-0.25, -0.2) is 18.0 Å². The van der Waals surface area contributed by atoms with Crippen molar-refractivity contribution in [2.45, 2.75) is 93.3 Å². The van der Waals surface area contributed by atoms with E-state index in [2.05, 4.69) is 16.4 Å². The largest absolute Gasteiger partial charge is 0.462 e. The van der Waals surface area contributed by atoms with Crippen LogP contribution in [0.2, 0.25) is 0 Å². The number of carbonyl (C=O) groups is 4. The maximum Gasteiger partial charge on any atom is 0.404 e. The molecule has 2 saturated heterocycles. The molecule has 18 heteroatoms. The summed E-state index contributed by atoms with van der Waals surface area (Å²) in [6, 6.07) is 12.8. The van der Waals surface area contributed by atoms with Gasteiger partial charge >= 0.3 is 28.8 Å². The summed E-state index contributed by atoms with van der Waals surface area (Å²) in [5, 5.41) is 26.1. The minimum absolute atomic E-state index is 0.0310. The van der Waals surface area contributed by atoms with Crippen LogP contribution in [0, 0.1) is 38.9 Å². The highest BCUT2D eigenvalue weighted by molar-refractivity contribution is 7.91. The van der Waals surface area contributed by atoms with Gasteiger partial charge in [0, 0.05) is 24.2 Å². The number of fused-ring (bicyclic) bond motifs is 2. The summed E-state index contributed by atoms with van der Waals surface area (Å²) >= 11 is 0. The Hall–Kier alpha value is -5.17. The summed E-state index contributed by atoms with van der Waals surface area (Å²) in [4.78, 5) is 65.8. The lowest BCUT2D eigenvalue weighted by Gasteiger charge is -2.74. The zero-order chi connectivity index (χ0) is 43.0. The molecule has 1 unspecified atom stereocenters. The van der Waals surface area contributed by atoms with E-state index in [-0.39, 0.29) is 51.9 Å². The van der Waals surface area contributed by atoms with Crippen molar-refractivity contribution < 1.29 is 70.7 Å². The molecule has 2 spiro atoms. The van der Waals surface area contributed by atoms with Crippen LogP contribution in [0.25, 0.3) is 0 Å². The number of rotatable bonds is 12. The molecule has 9 rings (SSSR count). The Balaban J connectivity index is 0.925. The van der Waals surface area contributed by atoms with Crippen LogP contribution in [0.1, 0.15) is 80.0 Å². The lowest BCUT2D eigenvalue weighted by Crippen LogP contribution is -2.86. The van der Waals surface area contributed by atoms with Crippen molar-refractivity contribution in [1.29, 1.82) is 0 Å². The number of aromatic nitrogens is 2. The van der Waals surface area contributed by atoms with E-state index in [0.717, 1.165) is 0 Å². The first-order valence-electron chi connectivity index (χ1n) is 19.9. The molecule has 4 saturated carbocycles. The van der Waals surface area contributed by atoms with Gasteiger partial charge < -0.3 is 33.9 Å². The van der Waals surface area contributed by atoms with Gasteiger partial charge in [-0.05, 0) is 102 Å². The normalized spacial score (nSPS) is 32.4. The summed E-state index contributed by atoms with van der Waals surface area (Å²) < 4.78 is 59.5. The number of Topliss-reactive ketones (excluding diaryl/α,β-unsaturated/α-hetero) is 1. The molecule has 6 fully saturated rings. The van der Waals surface area contributed by atoms with Crippen molar-refractivity contribution in [2.75, 3.05) is 19.8 Å². The zero-order valence-corrected chi connectivity index (χ0v) is 34.1. The third kappa shape index (κ3) is 6.00. The maximum atomic E-state index is 14.6. The van der Waals surface area contributed by atoms with E-state index in [1.54, 1.807) is 6.07 Å². The number of aliphatic hydroxyl groups excluding tert-OH is 1. The first-order valence-corrected chi connectivity index (χ1v) is 21.4. The van der Waals surface area contributed by atoms with Gasteiger partial charge in [-0.1, -0.05) is 43.3 Å². The number of unbranched alkanes of at least 4 members (excludes halogenated alkanes) is 1. The van der Waals surface area contributed by atoms with Crippen molar-refractivity contribution in [3.8, 4) is 5.88 Å². The number of hydrogen-bond acceptors (Lipinski definition) is 15. The summed E-state index contributed by atoms with van der Waals surface area (Å²) in [7, 11) is -4.25. The molecule has 6 aliphatic rings. The van der Waals surface area contributed by atoms with E-state index in [9.17, 15) is 42.7 Å². The van der Waals surface area contributed by atoms with Crippen LogP contribution in [0.4, 0.5) is 0 Å². The van der Waals surface area contributed by atoms with Gasteiger partial charge in [-0.3, -0.25) is 9.59 Å². The molecule has 2 aromatic carbocycles. The monoisotopic (exact) mass is 851 g/mol.